The van der Waals surface area contributed by atoms with Crippen LogP contribution in [0.15, 0.2) is 36.7 Å². The zero-order valence-electron chi connectivity index (χ0n) is 15.3. The summed E-state index contributed by atoms with van der Waals surface area (Å²) in [7, 11) is 3.72. The molecule has 1 fully saturated rings. The lowest BCUT2D eigenvalue weighted by Gasteiger charge is -2.26. The Labute approximate surface area is 153 Å². The SMILES string of the molecule is COc1ccc(Cn2cc([C@@H](C(=O)O)N3CCCN(C)CC3)cn2)cc1. The van der Waals surface area contributed by atoms with Gasteiger partial charge in [-0.1, -0.05) is 12.1 Å². The van der Waals surface area contributed by atoms with Gasteiger partial charge in [0.1, 0.15) is 11.8 Å². The van der Waals surface area contributed by atoms with Gasteiger partial charge < -0.3 is 14.7 Å². The third-order valence-corrected chi connectivity index (χ3v) is 4.83. The van der Waals surface area contributed by atoms with Crippen LogP contribution in [-0.4, -0.2) is 71.0 Å². The van der Waals surface area contributed by atoms with Gasteiger partial charge in [-0.3, -0.25) is 14.4 Å². The number of carbonyl (C=O) groups is 1. The van der Waals surface area contributed by atoms with Crippen molar-refractivity contribution >= 4 is 5.97 Å². The highest BCUT2D eigenvalue weighted by molar-refractivity contribution is 5.75. The van der Waals surface area contributed by atoms with Crippen LogP contribution < -0.4 is 4.74 Å². The van der Waals surface area contributed by atoms with Crippen molar-refractivity contribution in [2.75, 3.05) is 40.3 Å². The molecule has 1 aliphatic rings. The summed E-state index contributed by atoms with van der Waals surface area (Å²) in [5.74, 6) is -0.00877. The third-order valence-electron chi connectivity index (χ3n) is 4.83. The van der Waals surface area contributed by atoms with Gasteiger partial charge in [0.15, 0.2) is 0 Å². The fourth-order valence-corrected chi connectivity index (χ4v) is 3.36. The van der Waals surface area contributed by atoms with Gasteiger partial charge in [0.25, 0.3) is 0 Å². The number of benzene rings is 1. The van der Waals surface area contributed by atoms with E-state index in [4.69, 9.17) is 4.74 Å². The average Bonchev–Trinajstić information content (AvgIpc) is 2.96. The molecule has 0 unspecified atom stereocenters. The molecule has 0 aliphatic carbocycles. The van der Waals surface area contributed by atoms with Gasteiger partial charge in [0, 0.05) is 31.4 Å². The minimum absolute atomic E-state index is 0.596. The summed E-state index contributed by atoms with van der Waals surface area (Å²) in [5, 5.41) is 14.2. The number of likely N-dealkylation sites (N-methyl/N-ethyl adjacent to an activating group) is 1. The second-order valence-electron chi connectivity index (χ2n) is 6.75. The van der Waals surface area contributed by atoms with Crippen molar-refractivity contribution in [1.29, 1.82) is 0 Å². The summed E-state index contributed by atoms with van der Waals surface area (Å²) in [6.45, 7) is 4.00. The molecule has 7 heteroatoms. The Morgan fingerprint density at radius 2 is 2.00 bits per heavy atom. The Bertz CT molecular complexity index is 729. The Balaban J connectivity index is 1.73. The highest BCUT2D eigenvalue weighted by Gasteiger charge is 2.29. The largest absolute Gasteiger partial charge is 0.497 e. The van der Waals surface area contributed by atoms with Crippen LogP contribution in [0, 0.1) is 0 Å². The summed E-state index contributed by atoms with van der Waals surface area (Å²) < 4.78 is 6.96. The number of rotatable bonds is 6. The quantitative estimate of drug-likeness (QED) is 0.848. The van der Waals surface area contributed by atoms with Crippen LogP contribution in [0.25, 0.3) is 0 Å². The van der Waals surface area contributed by atoms with Crippen LogP contribution in [-0.2, 0) is 11.3 Å². The summed E-state index contributed by atoms with van der Waals surface area (Å²) in [6, 6.07) is 7.14. The van der Waals surface area contributed by atoms with Crippen molar-refractivity contribution in [3.05, 3.63) is 47.8 Å². The molecule has 1 N–H and O–H groups in total. The van der Waals surface area contributed by atoms with Gasteiger partial charge in [0.05, 0.1) is 19.9 Å². The molecule has 2 heterocycles. The molecule has 26 heavy (non-hydrogen) atoms. The lowest BCUT2D eigenvalue weighted by atomic mass is 10.1. The lowest BCUT2D eigenvalue weighted by molar-refractivity contribution is -0.143. The van der Waals surface area contributed by atoms with E-state index in [1.165, 1.54) is 0 Å². The van der Waals surface area contributed by atoms with Gasteiger partial charge in [0.2, 0.25) is 0 Å². The molecule has 7 nitrogen and oxygen atoms in total. The normalized spacial score (nSPS) is 17.6. The Hall–Kier alpha value is -2.38. The Morgan fingerprint density at radius 3 is 2.69 bits per heavy atom. The standard InChI is InChI=1S/C19H26N4O3/c1-21-8-3-9-22(11-10-21)18(19(24)25)16-12-20-23(14-16)13-15-4-6-17(26-2)7-5-15/h4-7,12,14,18H,3,8-11,13H2,1-2H3,(H,24,25)/t18-/m0/s1. The number of nitrogens with zero attached hydrogens (tertiary/aromatic N) is 4. The summed E-state index contributed by atoms with van der Waals surface area (Å²) >= 11 is 0. The fraction of sp³-hybridized carbons (Fsp3) is 0.474. The molecule has 2 aromatic rings. The molecule has 1 saturated heterocycles. The highest BCUT2D eigenvalue weighted by Crippen LogP contribution is 2.23. The number of aromatic nitrogens is 2. The van der Waals surface area contributed by atoms with Crippen LogP contribution in [0.3, 0.4) is 0 Å². The first-order valence-electron chi connectivity index (χ1n) is 8.87. The number of carboxylic acids is 1. The van der Waals surface area contributed by atoms with E-state index in [0.717, 1.165) is 49.5 Å². The first-order chi connectivity index (χ1) is 12.6. The van der Waals surface area contributed by atoms with E-state index in [0.29, 0.717) is 6.54 Å². The van der Waals surface area contributed by atoms with Gasteiger partial charge in [-0.2, -0.15) is 5.10 Å². The lowest BCUT2D eigenvalue weighted by Crippen LogP contribution is -2.36. The van der Waals surface area contributed by atoms with E-state index in [1.54, 1.807) is 18.0 Å². The predicted octanol–water partition coefficient (Wildman–Crippen LogP) is 1.70. The maximum absolute atomic E-state index is 11.9. The molecule has 0 spiro atoms. The number of hydrogen-bond acceptors (Lipinski definition) is 5. The van der Waals surface area contributed by atoms with E-state index in [1.807, 2.05) is 35.4 Å². The summed E-state index contributed by atoms with van der Waals surface area (Å²) in [5.41, 5.74) is 1.82. The van der Waals surface area contributed by atoms with E-state index in [-0.39, 0.29) is 0 Å². The van der Waals surface area contributed by atoms with E-state index >= 15 is 0 Å². The number of carboxylic acid groups (broad SMARTS) is 1. The van der Waals surface area contributed by atoms with Crippen molar-refractivity contribution in [2.24, 2.45) is 0 Å². The van der Waals surface area contributed by atoms with Crippen LogP contribution in [0.4, 0.5) is 0 Å². The Kier molecular flexibility index (Phi) is 5.90. The van der Waals surface area contributed by atoms with Crippen molar-refractivity contribution in [3.63, 3.8) is 0 Å². The molecule has 1 aromatic carbocycles. The van der Waals surface area contributed by atoms with Gasteiger partial charge >= 0.3 is 5.97 Å². The van der Waals surface area contributed by atoms with E-state index < -0.39 is 12.0 Å². The van der Waals surface area contributed by atoms with Crippen molar-refractivity contribution < 1.29 is 14.6 Å². The smallest absolute Gasteiger partial charge is 0.325 e. The van der Waals surface area contributed by atoms with Crippen LogP contribution in [0.1, 0.15) is 23.6 Å². The zero-order valence-corrected chi connectivity index (χ0v) is 15.3. The molecule has 1 aromatic heterocycles. The summed E-state index contributed by atoms with van der Waals surface area (Å²) in [6.07, 6.45) is 4.49. The average molecular weight is 358 g/mol. The predicted molar refractivity (Wildman–Crippen MR) is 98.4 cm³/mol. The molecule has 0 amide bonds. The Morgan fingerprint density at radius 1 is 1.23 bits per heavy atom. The second-order valence-corrected chi connectivity index (χ2v) is 6.75. The molecule has 1 aliphatic heterocycles. The molecular weight excluding hydrogens is 332 g/mol. The van der Waals surface area contributed by atoms with Crippen molar-refractivity contribution in [3.8, 4) is 5.75 Å². The minimum Gasteiger partial charge on any atom is -0.497 e. The maximum atomic E-state index is 11.9. The fourth-order valence-electron chi connectivity index (χ4n) is 3.36. The van der Waals surface area contributed by atoms with Gasteiger partial charge in [-0.25, -0.2) is 0 Å². The number of hydrogen-bond donors (Lipinski definition) is 1. The molecule has 1 atom stereocenters. The maximum Gasteiger partial charge on any atom is 0.325 e. The van der Waals surface area contributed by atoms with Crippen LogP contribution in [0.2, 0.25) is 0 Å². The number of methoxy groups -OCH3 is 1. The summed E-state index contributed by atoms with van der Waals surface area (Å²) in [4.78, 5) is 16.2. The monoisotopic (exact) mass is 358 g/mol. The first kappa shape index (κ1) is 18.4. The molecule has 3 rings (SSSR count). The van der Waals surface area contributed by atoms with Crippen LogP contribution in [0.5, 0.6) is 5.75 Å². The zero-order chi connectivity index (χ0) is 18.5. The number of ether oxygens (including phenoxy) is 1. The first-order valence-corrected chi connectivity index (χ1v) is 8.87. The minimum atomic E-state index is -0.821. The molecule has 0 radical (unpaired) electrons. The third kappa shape index (κ3) is 4.42. The molecule has 0 saturated carbocycles. The number of aliphatic carboxylic acids is 1. The van der Waals surface area contributed by atoms with Crippen LogP contribution >= 0.6 is 0 Å². The second kappa shape index (κ2) is 8.33. The van der Waals surface area contributed by atoms with Crippen molar-refractivity contribution in [2.45, 2.75) is 19.0 Å². The van der Waals surface area contributed by atoms with Gasteiger partial charge in [-0.15, -0.1) is 0 Å². The molecule has 0 bridgehead atoms. The highest BCUT2D eigenvalue weighted by atomic mass is 16.5. The topological polar surface area (TPSA) is 70.8 Å². The van der Waals surface area contributed by atoms with E-state index in [9.17, 15) is 9.90 Å². The molecule has 140 valence electrons. The molecular formula is C19H26N4O3. The van der Waals surface area contributed by atoms with E-state index in [2.05, 4.69) is 17.0 Å². The van der Waals surface area contributed by atoms with Gasteiger partial charge in [-0.05, 0) is 37.7 Å². The van der Waals surface area contributed by atoms with Crippen molar-refractivity contribution in [1.82, 2.24) is 19.6 Å².